The maximum Gasteiger partial charge on any atom is 0.221 e. The van der Waals surface area contributed by atoms with E-state index in [4.69, 9.17) is 16.3 Å². The molecule has 18 heavy (non-hydrogen) atoms. The van der Waals surface area contributed by atoms with Crippen molar-refractivity contribution in [2.24, 2.45) is 0 Å². The summed E-state index contributed by atoms with van der Waals surface area (Å²) in [6, 6.07) is 5.34. The zero-order valence-electron chi connectivity index (χ0n) is 10.5. The van der Waals surface area contributed by atoms with Gasteiger partial charge in [-0.2, -0.15) is 0 Å². The summed E-state index contributed by atoms with van der Waals surface area (Å²) >= 11 is 5.89. The van der Waals surface area contributed by atoms with E-state index in [0.717, 1.165) is 11.3 Å². The first kappa shape index (κ1) is 17.0. The van der Waals surface area contributed by atoms with E-state index in [1.165, 1.54) is 0 Å². The Labute approximate surface area is 118 Å². The molecule has 0 unspecified atom stereocenters. The molecule has 0 radical (unpaired) electrons. The molecule has 1 aromatic rings. The van der Waals surface area contributed by atoms with Gasteiger partial charge < -0.3 is 15.4 Å². The van der Waals surface area contributed by atoms with Gasteiger partial charge in [-0.3, -0.25) is 4.79 Å². The topological polar surface area (TPSA) is 50.4 Å². The lowest BCUT2D eigenvalue weighted by Crippen LogP contribution is -2.26. The number of nitrogens with one attached hydrogen (secondary N) is 2. The number of hydrogen-bond donors (Lipinski definition) is 2. The largest absolute Gasteiger partial charge is 0.496 e. The van der Waals surface area contributed by atoms with Crippen LogP contribution < -0.4 is 15.4 Å². The van der Waals surface area contributed by atoms with E-state index in [2.05, 4.69) is 10.6 Å². The predicted molar refractivity (Wildman–Crippen MR) is 75.6 cm³/mol. The van der Waals surface area contributed by atoms with Crippen LogP contribution in [0.1, 0.15) is 12.0 Å². The third-order valence-electron chi connectivity index (χ3n) is 2.32. The molecular weight excluding hydrogens is 275 g/mol. The molecule has 0 spiro atoms. The molecule has 102 valence electrons. The molecular formula is C12H18Cl2N2O2. The molecule has 0 saturated heterocycles. The molecule has 0 aliphatic carbocycles. The van der Waals surface area contributed by atoms with E-state index < -0.39 is 0 Å². The second-order valence-electron chi connectivity index (χ2n) is 3.59. The highest BCUT2D eigenvalue weighted by Crippen LogP contribution is 2.22. The minimum absolute atomic E-state index is 0. The summed E-state index contributed by atoms with van der Waals surface area (Å²) < 4.78 is 5.19. The van der Waals surface area contributed by atoms with Crippen LogP contribution in [-0.4, -0.2) is 26.6 Å². The molecule has 1 amide bonds. The Morgan fingerprint density at radius 1 is 1.44 bits per heavy atom. The second-order valence-corrected chi connectivity index (χ2v) is 4.02. The Morgan fingerprint density at radius 2 is 2.17 bits per heavy atom. The summed E-state index contributed by atoms with van der Waals surface area (Å²) in [5.74, 6) is 0.727. The molecule has 0 saturated carbocycles. The quantitative estimate of drug-likeness (QED) is 0.843. The fourth-order valence-electron chi connectivity index (χ4n) is 1.41. The Bertz CT molecular complexity index is 386. The summed E-state index contributed by atoms with van der Waals surface area (Å²) in [6.45, 7) is 1.09. The van der Waals surface area contributed by atoms with Crippen molar-refractivity contribution in [3.63, 3.8) is 0 Å². The van der Waals surface area contributed by atoms with Crippen LogP contribution in [0.2, 0.25) is 5.02 Å². The van der Waals surface area contributed by atoms with Crippen LogP contribution in [0.3, 0.4) is 0 Å². The first-order valence-corrected chi connectivity index (χ1v) is 5.79. The third kappa shape index (κ3) is 5.58. The predicted octanol–water partition coefficient (Wildman–Crippen LogP) is 2.00. The zero-order chi connectivity index (χ0) is 12.7. The summed E-state index contributed by atoms with van der Waals surface area (Å²) in [4.78, 5) is 11.4. The summed E-state index contributed by atoms with van der Waals surface area (Å²) in [6.07, 6.45) is 0.458. The van der Waals surface area contributed by atoms with Gasteiger partial charge >= 0.3 is 0 Å². The maximum absolute atomic E-state index is 11.4. The number of hydrogen-bond acceptors (Lipinski definition) is 3. The van der Waals surface area contributed by atoms with E-state index in [1.807, 2.05) is 7.05 Å². The molecule has 0 heterocycles. The molecule has 2 N–H and O–H groups in total. The van der Waals surface area contributed by atoms with Crippen molar-refractivity contribution in [1.29, 1.82) is 0 Å². The fraction of sp³-hybridized carbons (Fsp3) is 0.417. The van der Waals surface area contributed by atoms with Gasteiger partial charge in [0.05, 0.1) is 7.11 Å². The van der Waals surface area contributed by atoms with Crippen molar-refractivity contribution in [1.82, 2.24) is 10.6 Å². The first-order valence-electron chi connectivity index (χ1n) is 5.41. The van der Waals surface area contributed by atoms with Crippen LogP contribution in [0.15, 0.2) is 18.2 Å². The molecule has 6 heteroatoms. The lowest BCUT2D eigenvalue weighted by atomic mass is 10.2. The molecule has 0 bridgehead atoms. The Morgan fingerprint density at radius 3 is 2.78 bits per heavy atom. The van der Waals surface area contributed by atoms with Crippen molar-refractivity contribution in [2.45, 2.75) is 13.0 Å². The van der Waals surface area contributed by atoms with Gasteiger partial charge in [-0.05, 0) is 25.2 Å². The van der Waals surface area contributed by atoms with Crippen LogP contribution in [0.25, 0.3) is 0 Å². The first-order chi connectivity index (χ1) is 8.17. The molecule has 0 fully saturated rings. The summed E-state index contributed by atoms with van der Waals surface area (Å²) in [7, 11) is 3.41. The van der Waals surface area contributed by atoms with E-state index in [0.29, 0.717) is 24.5 Å². The minimum Gasteiger partial charge on any atom is -0.496 e. The van der Waals surface area contributed by atoms with Crippen molar-refractivity contribution < 1.29 is 9.53 Å². The van der Waals surface area contributed by atoms with E-state index in [9.17, 15) is 4.79 Å². The number of amides is 1. The number of carbonyl (C=O) groups excluding carboxylic acids is 1. The van der Waals surface area contributed by atoms with Crippen molar-refractivity contribution >= 4 is 29.9 Å². The highest BCUT2D eigenvalue weighted by Gasteiger charge is 2.06. The van der Waals surface area contributed by atoms with Gasteiger partial charge in [0, 0.05) is 30.1 Å². The summed E-state index contributed by atoms with van der Waals surface area (Å²) in [5, 5.41) is 6.37. The van der Waals surface area contributed by atoms with Crippen LogP contribution in [0.4, 0.5) is 0 Å². The molecule has 4 nitrogen and oxygen atoms in total. The Kier molecular flexibility index (Phi) is 8.54. The van der Waals surface area contributed by atoms with Crippen LogP contribution >= 0.6 is 24.0 Å². The average Bonchev–Trinajstić information content (AvgIpc) is 2.34. The van der Waals surface area contributed by atoms with Crippen molar-refractivity contribution in [3.05, 3.63) is 28.8 Å². The number of methoxy groups -OCH3 is 1. The van der Waals surface area contributed by atoms with E-state index in [-0.39, 0.29) is 18.3 Å². The van der Waals surface area contributed by atoms with Gasteiger partial charge in [0.1, 0.15) is 5.75 Å². The normalized spacial score (nSPS) is 9.50. The van der Waals surface area contributed by atoms with Gasteiger partial charge in [0.15, 0.2) is 0 Å². The Balaban J connectivity index is 0.00000289. The van der Waals surface area contributed by atoms with E-state index in [1.54, 1.807) is 25.3 Å². The third-order valence-corrected chi connectivity index (χ3v) is 2.56. The molecule has 0 aliphatic heterocycles. The van der Waals surface area contributed by atoms with Crippen molar-refractivity contribution in [2.75, 3.05) is 20.7 Å². The lowest BCUT2D eigenvalue weighted by Gasteiger charge is -2.10. The van der Waals surface area contributed by atoms with Crippen LogP contribution in [0.5, 0.6) is 5.75 Å². The maximum atomic E-state index is 11.4. The molecule has 1 rings (SSSR count). The Hall–Kier alpha value is -0.970. The monoisotopic (exact) mass is 292 g/mol. The van der Waals surface area contributed by atoms with Gasteiger partial charge in [0.2, 0.25) is 5.91 Å². The SMILES string of the molecule is CNCCC(=O)NCc1cc(Cl)ccc1OC.Cl. The van der Waals surface area contributed by atoms with Crippen LogP contribution in [0, 0.1) is 0 Å². The van der Waals surface area contributed by atoms with Crippen LogP contribution in [-0.2, 0) is 11.3 Å². The standard InChI is InChI=1S/C12H17ClN2O2.ClH/c1-14-6-5-12(16)15-8-9-7-10(13)3-4-11(9)17-2;/h3-4,7,14H,5-6,8H2,1-2H3,(H,15,16);1H. The summed E-state index contributed by atoms with van der Waals surface area (Å²) in [5.41, 5.74) is 0.873. The van der Waals surface area contributed by atoms with E-state index >= 15 is 0 Å². The number of halogens is 2. The second kappa shape index (κ2) is 9.03. The molecule has 1 aromatic carbocycles. The number of benzene rings is 1. The highest BCUT2D eigenvalue weighted by atomic mass is 35.5. The minimum atomic E-state index is 0. The number of rotatable bonds is 6. The van der Waals surface area contributed by atoms with Gasteiger partial charge in [-0.15, -0.1) is 12.4 Å². The van der Waals surface area contributed by atoms with Crippen molar-refractivity contribution in [3.8, 4) is 5.75 Å². The molecule has 0 aliphatic rings. The smallest absolute Gasteiger partial charge is 0.221 e. The van der Waals surface area contributed by atoms with Gasteiger partial charge in [0.25, 0.3) is 0 Å². The average molecular weight is 293 g/mol. The van der Waals surface area contributed by atoms with Gasteiger partial charge in [-0.25, -0.2) is 0 Å². The molecule has 0 aromatic heterocycles. The van der Waals surface area contributed by atoms with Gasteiger partial charge in [-0.1, -0.05) is 11.6 Å². The number of ether oxygens (including phenoxy) is 1. The highest BCUT2D eigenvalue weighted by molar-refractivity contribution is 6.30. The lowest BCUT2D eigenvalue weighted by molar-refractivity contribution is -0.121. The number of carbonyl (C=O) groups is 1. The molecule has 0 atom stereocenters. The fourth-order valence-corrected chi connectivity index (χ4v) is 1.60. The zero-order valence-corrected chi connectivity index (χ0v) is 12.0.